The first kappa shape index (κ1) is 13.5. The minimum atomic E-state index is -5.16. The largest absolute Gasteiger partial charge is 0.478 e. The van der Waals surface area contributed by atoms with Crippen LogP contribution in [0.4, 0.5) is 13.2 Å². The van der Waals surface area contributed by atoms with E-state index in [0.29, 0.717) is 4.72 Å². The van der Waals surface area contributed by atoms with Crippen molar-refractivity contribution in [1.29, 1.82) is 0 Å². The third-order valence-electron chi connectivity index (χ3n) is 1.66. The Balaban J connectivity index is 3.30. The smallest absolute Gasteiger partial charge is 0.470 e. The number of halogens is 3. The van der Waals surface area contributed by atoms with E-state index in [0.717, 1.165) is 18.2 Å². The van der Waals surface area contributed by atoms with Crippen molar-refractivity contribution in [2.45, 2.75) is 11.2 Å². The molecule has 17 heavy (non-hydrogen) atoms. The molecule has 0 unspecified atom stereocenters. The molecular formula is C8H6F3NO4S. The lowest BCUT2D eigenvalue weighted by Gasteiger charge is -2.11. The number of carboxylic acids is 1. The van der Waals surface area contributed by atoms with Crippen LogP contribution in [0.15, 0.2) is 29.2 Å². The molecule has 0 bridgehead atoms. The van der Waals surface area contributed by atoms with Gasteiger partial charge in [-0.25, -0.2) is 13.2 Å². The fourth-order valence-electron chi connectivity index (χ4n) is 1.08. The molecule has 0 atom stereocenters. The number of benzene rings is 1. The van der Waals surface area contributed by atoms with Crippen molar-refractivity contribution >= 4 is 16.0 Å². The topological polar surface area (TPSA) is 83.5 Å². The van der Waals surface area contributed by atoms with E-state index in [2.05, 4.69) is 0 Å². The summed E-state index contributed by atoms with van der Waals surface area (Å²) in [5, 5.41) is 8.65. The van der Waals surface area contributed by atoms with E-state index in [-0.39, 0.29) is 0 Å². The van der Waals surface area contributed by atoms with Crippen LogP contribution >= 0.6 is 0 Å². The van der Waals surface area contributed by atoms with Gasteiger partial charge in [0.05, 0.1) is 10.5 Å². The highest BCUT2D eigenvalue weighted by molar-refractivity contribution is 7.89. The van der Waals surface area contributed by atoms with Crippen LogP contribution in [-0.4, -0.2) is 25.8 Å². The van der Waals surface area contributed by atoms with Gasteiger partial charge in [0, 0.05) is 0 Å². The van der Waals surface area contributed by atoms with Gasteiger partial charge in [-0.1, -0.05) is 12.1 Å². The number of aromatic carboxylic acids is 1. The first-order chi connectivity index (χ1) is 7.63. The summed E-state index contributed by atoms with van der Waals surface area (Å²) in [6.45, 7) is 0. The molecule has 0 aliphatic carbocycles. The van der Waals surface area contributed by atoms with Gasteiger partial charge in [-0.15, -0.1) is 4.72 Å². The highest BCUT2D eigenvalue weighted by Gasteiger charge is 2.36. The van der Waals surface area contributed by atoms with E-state index in [1.165, 1.54) is 6.07 Å². The first-order valence-electron chi connectivity index (χ1n) is 4.06. The molecule has 2 N–H and O–H groups in total. The van der Waals surface area contributed by atoms with Crippen LogP contribution in [-0.2, 0) is 10.0 Å². The van der Waals surface area contributed by atoms with Crippen molar-refractivity contribution in [3.05, 3.63) is 29.8 Å². The summed E-state index contributed by atoms with van der Waals surface area (Å²) in [6.07, 6.45) is -5.16. The normalized spacial score (nSPS) is 12.4. The van der Waals surface area contributed by atoms with Crippen LogP contribution in [0.3, 0.4) is 0 Å². The van der Waals surface area contributed by atoms with Gasteiger partial charge in [0.2, 0.25) is 10.0 Å². The lowest BCUT2D eigenvalue weighted by Crippen LogP contribution is -2.37. The number of hydrogen-bond donors (Lipinski definition) is 2. The quantitative estimate of drug-likeness (QED) is 0.807. The fraction of sp³-hybridized carbons (Fsp3) is 0.125. The highest BCUT2D eigenvalue weighted by atomic mass is 32.2. The Morgan fingerprint density at radius 3 is 2.24 bits per heavy atom. The van der Waals surface area contributed by atoms with Gasteiger partial charge in [0.1, 0.15) is 0 Å². The molecule has 0 aliphatic heterocycles. The first-order valence-corrected chi connectivity index (χ1v) is 5.55. The highest BCUT2D eigenvalue weighted by Crippen LogP contribution is 2.20. The van der Waals surface area contributed by atoms with E-state index in [4.69, 9.17) is 5.11 Å². The average molecular weight is 269 g/mol. The molecular weight excluding hydrogens is 263 g/mol. The summed E-state index contributed by atoms with van der Waals surface area (Å²) in [4.78, 5) is 9.72. The standard InChI is InChI=1S/C8H6F3NO4S/c9-8(10,11)12-17(15,16)6-4-2-1-3-5(6)7(13)14/h1-4,12H,(H,13,14). The Morgan fingerprint density at radius 2 is 1.76 bits per heavy atom. The van der Waals surface area contributed by atoms with Gasteiger partial charge in [-0.3, -0.25) is 0 Å². The van der Waals surface area contributed by atoms with Gasteiger partial charge in [-0.05, 0) is 12.1 Å². The minimum absolute atomic E-state index is 0.416. The molecule has 0 amide bonds. The molecule has 0 saturated heterocycles. The van der Waals surface area contributed by atoms with Crippen molar-refractivity contribution < 1.29 is 31.5 Å². The number of carboxylic acid groups (broad SMARTS) is 1. The van der Waals surface area contributed by atoms with E-state index in [1.54, 1.807) is 0 Å². The summed E-state index contributed by atoms with van der Waals surface area (Å²) in [5.74, 6) is -1.63. The summed E-state index contributed by atoms with van der Waals surface area (Å²) in [7, 11) is -4.95. The number of nitrogens with one attached hydrogen (secondary N) is 1. The van der Waals surface area contributed by atoms with Crippen molar-refractivity contribution in [3.8, 4) is 0 Å². The van der Waals surface area contributed by atoms with E-state index in [1.807, 2.05) is 0 Å². The third-order valence-corrected chi connectivity index (χ3v) is 3.09. The molecule has 0 aromatic heterocycles. The maximum absolute atomic E-state index is 11.9. The van der Waals surface area contributed by atoms with Crippen LogP contribution in [0, 0.1) is 0 Å². The Hall–Kier alpha value is -1.61. The Kier molecular flexibility index (Phi) is 3.43. The summed E-state index contributed by atoms with van der Waals surface area (Å²) in [6, 6.07) is 4.00. The molecule has 0 spiro atoms. The van der Waals surface area contributed by atoms with Crippen molar-refractivity contribution in [1.82, 2.24) is 4.72 Å². The zero-order valence-corrected chi connectivity index (χ0v) is 8.84. The minimum Gasteiger partial charge on any atom is -0.478 e. The van der Waals surface area contributed by atoms with Crippen LogP contribution < -0.4 is 4.72 Å². The number of sulfonamides is 1. The lowest BCUT2D eigenvalue weighted by atomic mass is 10.2. The SMILES string of the molecule is O=C(O)c1ccccc1S(=O)(=O)NC(F)(F)F. The molecule has 0 aliphatic rings. The molecule has 0 saturated carbocycles. The molecule has 1 aromatic rings. The maximum Gasteiger partial charge on any atom is 0.470 e. The molecule has 9 heteroatoms. The van der Waals surface area contributed by atoms with Crippen LogP contribution in [0.1, 0.15) is 10.4 Å². The van der Waals surface area contributed by atoms with Crippen LogP contribution in [0.2, 0.25) is 0 Å². The molecule has 94 valence electrons. The Labute approximate surface area is 93.9 Å². The zero-order valence-electron chi connectivity index (χ0n) is 8.02. The predicted octanol–water partition coefficient (Wildman–Crippen LogP) is 1.18. The number of carbonyl (C=O) groups is 1. The second-order valence-corrected chi connectivity index (χ2v) is 4.56. The Bertz CT molecular complexity index is 538. The zero-order chi connectivity index (χ0) is 13.3. The van der Waals surface area contributed by atoms with Gasteiger partial charge in [0.15, 0.2) is 0 Å². The van der Waals surface area contributed by atoms with Gasteiger partial charge < -0.3 is 5.11 Å². The van der Waals surface area contributed by atoms with Gasteiger partial charge in [0.25, 0.3) is 0 Å². The third kappa shape index (κ3) is 3.43. The molecule has 0 fully saturated rings. The predicted molar refractivity (Wildman–Crippen MR) is 49.8 cm³/mol. The summed E-state index contributed by atoms with van der Waals surface area (Å²) < 4.78 is 58.8. The van der Waals surface area contributed by atoms with E-state index in [9.17, 15) is 26.4 Å². The van der Waals surface area contributed by atoms with E-state index < -0.39 is 32.8 Å². The van der Waals surface area contributed by atoms with Gasteiger partial charge in [-0.2, -0.15) is 13.2 Å². The van der Waals surface area contributed by atoms with Crippen molar-refractivity contribution in [3.63, 3.8) is 0 Å². The molecule has 5 nitrogen and oxygen atoms in total. The van der Waals surface area contributed by atoms with Crippen LogP contribution in [0.25, 0.3) is 0 Å². The second kappa shape index (κ2) is 4.34. The Morgan fingerprint density at radius 1 is 1.24 bits per heavy atom. The monoisotopic (exact) mass is 269 g/mol. The molecule has 0 radical (unpaired) electrons. The van der Waals surface area contributed by atoms with Crippen molar-refractivity contribution in [2.24, 2.45) is 0 Å². The lowest BCUT2D eigenvalue weighted by molar-refractivity contribution is -0.138. The van der Waals surface area contributed by atoms with Crippen molar-refractivity contribution in [2.75, 3.05) is 0 Å². The van der Waals surface area contributed by atoms with Gasteiger partial charge >= 0.3 is 12.3 Å². The second-order valence-electron chi connectivity index (χ2n) is 2.90. The summed E-state index contributed by atoms with van der Waals surface area (Å²) in [5.41, 5.74) is -0.732. The summed E-state index contributed by atoms with van der Waals surface area (Å²) >= 11 is 0. The average Bonchev–Trinajstić information content (AvgIpc) is 2.14. The molecule has 1 aromatic carbocycles. The number of rotatable bonds is 3. The van der Waals surface area contributed by atoms with Crippen LogP contribution in [0.5, 0.6) is 0 Å². The number of alkyl halides is 3. The fourth-order valence-corrected chi connectivity index (χ4v) is 2.20. The maximum atomic E-state index is 11.9. The molecule has 0 heterocycles. The van der Waals surface area contributed by atoms with E-state index >= 15 is 0 Å². The number of hydrogen-bond acceptors (Lipinski definition) is 3. The molecule has 1 rings (SSSR count).